The van der Waals surface area contributed by atoms with Crippen LogP contribution in [0.2, 0.25) is 0 Å². The van der Waals surface area contributed by atoms with Crippen molar-refractivity contribution in [3.05, 3.63) is 23.8 Å². The molecule has 0 aliphatic heterocycles. The summed E-state index contributed by atoms with van der Waals surface area (Å²) in [7, 11) is 0.891. The Hall–Kier alpha value is -1.08. The number of rotatable bonds is 7. The Morgan fingerprint density at radius 3 is 2.58 bits per heavy atom. The SMILES string of the molecule is CC.NCC(O)c1cccc(OCCCO)c1[B]O. The van der Waals surface area contributed by atoms with Crippen LogP contribution in [-0.4, -0.2) is 42.5 Å². The number of ether oxygens (including phenoxy) is 1. The molecule has 0 amide bonds. The van der Waals surface area contributed by atoms with E-state index in [0.29, 0.717) is 29.8 Å². The summed E-state index contributed by atoms with van der Waals surface area (Å²) in [6, 6.07) is 5.08. The molecule has 0 saturated heterocycles. The van der Waals surface area contributed by atoms with Crippen LogP contribution in [0.25, 0.3) is 0 Å². The third kappa shape index (κ3) is 5.61. The van der Waals surface area contributed by atoms with Crippen LogP contribution in [0.3, 0.4) is 0 Å². The van der Waals surface area contributed by atoms with Gasteiger partial charge in [-0.05, 0) is 17.1 Å². The largest absolute Gasteiger partial charge is 0.494 e. The van der Waals surface area contributed by atoms with Crippen LogP contribution in [0.1, 0.15) is 31.9 Å². The van der Waals surface area contributed by atoms with Gasteiger partial charge in [-0.25, -0.2) is 0 Å². The molecule has 5 nitrogen and oxygen atoms in total. The maximum absolute atomic E-state index is 9.69. The van der Waals surface area contributed by atoms with Crippen LogP contribution in [0.15, 0.2) is 18.2 Å². The Balaban J connectivity index is 0.00000154. The van der Waals surface area contributed by atoms with Gasteiger partial charge in [0.05, 0.1) is 12.7 Å². The molecule has 0 spiro atoms. The fraction of sp³-hybridized carbons (Fsp3) is 0.538. The Labute approximate surface area is 115 Å². The molecule has 6 heteroatoms. The summed E-state index contributed by atoms with van der Waals surface area (Å²) in [6.07, 6.45) is -0.330. The van der Waals surface area contributed by atoms with Crippen molar-refractivity contribution < 1.29 is 20.0 Å². The quantitative estimate of drug-likeness (QED) is 0.402. The van der Waals surface area contributed by atoms with Crippen molar-refractivity contribution in [3.63, 3.8) is 0 Å². The minimum Gasteiger partial charge on any atom is -0.494 e. The number of hydrogen-bond donors (Lipinski definition) is 4. The predicted octanol–water partition coefficient (Wildman–Crippen LogP) is -0.297. The molecular formula is C13H23BNO4. The van der Waals surface area contributed by atoms with Crippen LogP contribution >= 0.6 is 0 Å². The lowest BCUT2D eigenvalue weighted by molar-refractivity contribution is 0.187. The summed E-state index contributed by atoms with van der Waals surface area (Å²) in [6.45, 7) is 4.46. The van der Waals surface area contributed by atoms with E-state index in [2.05, 4.69) is 0 Å². The maximum Gasteiger partial charge on any atom is 0.331 e. The summed E-state index contributed by atoms with van der Waals surface area (Å²) < 4.78 is 5.40. The van der Waals surface area contributed by atoms with E-state index in [1.54, 1.807) is 18.2 Å². The monoisotopic (exact) mass is 268 g/mol. The zero-order chi connectivity index (χ0) is 14.7. The van der Waals surface area contributed by atoms with E-state index in [1.807, 2.05) is 13.8 Å². The van der Waals surface area contributed by atoms with Crippen molar-refractivity contribution in [2.45, 2.75) is 26.4 Å². The number of hydrogen-bond acceptors (Lipinski definition) is 5. The van der Waals surface area contributed by atoms with Crippen molar-refractivity contribution in [3.8, 4) is 5.75 Å². The Kier molecular flexibility index (Phi) is 10.2. The molecule has 1 aromatic rings. The van der Waals surface area contributed by atoms with Crippen molar-refractivity contribution >= 4 is 12.9 Å². The van der Waals surface area contributed by atoms with Crippen LogP contribution in [0, 0.1) is 0 Å². The highest BCUT2D eigenvalue weighted by Gasteiger charge is 2.15. The lowest BCUT2D eigenvalue weighted by atomic mass is 9.81. The molecule has 1 rings (SSSR count). The Morgan fingerprint density at radius 2 is 2.05 bits per heavy atom. The molecule has 19 heavy (non-hydrogen) atoms. The van der Waals surface area contributed by atoms with Crippen LogP contribution in [0.5, 0.6) is 5.75 Å². The van der Waals surface area contributed by atoms with Gasteiger partial charge in [-0.2, -0.15) is 0 Å². The van der Waals surface area contributed by atoms with Crippen LogP contribution in [-0.2, 0) is 0 Å². The van der Waals surface area contributed by atoms with E-state index >= 15 is 0 Å². The number of benzene rings is 1. The molecule has 107 valence electrons. The molecule has 0 bridgehead atoms. The van der Waals surface area contributed by atoms with E-state index < -0.39 is 6.10 Å². The minimum atomic E-state index is -0.838. The first-order valence-electron chi connectivity index (χ1n) is 6.46. The highest BCUT2D eigenvalue weighted by Crippen LogP contribution is 2.15. The lowest BCUT2D eigenvalue weighted by Crippen LogP contribution is -2.27. The molecule has 1 unspecified atom stereocenters. The average molecular weight is 268 g/mol. The van der Waals surface area contributed by atoms with Crippen LogP contribution in [0.4, 0.5) is 0 Å². The minimum absolute atomic E-state index is 0.0449. The van der Waals surface area contributed by atoms with Crippen molar-refractivity contribution in [1.29, 1.82) is 0 Å². The van der Waals surface area contributed by atoms with Gasteiger partial charge in [0.15, 0.2) is 0 Å². The lowest BCUT2D eigenvalue weighted by Gasteiger charge is -2.16. The smallest absolute Gasteiger partial charge is 0.331 e. The maximum atomic E-state index is 9.69. The molecule has 0 saturated carbocycles. The zero-order valence-corrected chi connectivity index (χ0v) is 11.5. The summed E-state index contributed by atoms with van der Waals surface area (Å²) in [5.41, 5.74) is 6.32. The molecule has 1 atom stereocenters. The van der Waals surface area contributed by atoms with Gasteiger partial charge in [0.1, 0.15) is 5.75 Å². The van der Waals surface area contributed by atoms with Crippen molar-refractivity contribution in [1.82, 2.24) is 0 Å². The summed E-state index contributed by atoms with van der Waals surface area (Å²) in [5, 5.41) is 27.5. The fourth-order valence-electron chi connectivity index (χ4n) is 1.49. The first-order chi connectivity index (χ1) is 9.24. The highest BCUT2D eigenvalue weighted by molar-refractivity contribution is 6.47. The van der Waals surface area contributed by atoms with Crippen LogP contribution < -0.4 is 15.9 Å². The molecule has 1 aromatic carbocycles. The molecule has 0 heterocycles. The van der Waals surface area contributed by atoms with E-state index in [-0.39, 0.29) is 13.2 Å². The van der Waals surface area contributed by atoms with Gasteiger partial charge in [0, 0.05) is 19.6 Å². The third-order valence-corrected chi connectivity index (χ3v) is 2.37. The molecule has 0 fully saturated rings. The van der Waals surface area contributed by atoms with Gasteiger partial charge < -0.3 is 25.7 Å². The summed E-state index contributed by atoms with van der Waals surface area (Å²) in [5.74, 6) is 0.464. The van der Waals surface area contributed by atoms with E-state index in [1.165, 1.54) is 0 Å². The molecule has 1 radical (unpaired) electrons. The second-order valence-corrected chi connectivity index (χ2v) is 3.57. The first-order valence-corrected chi connectivity index (χ1v) is 6.46. The van der Waals surface area contributed by atoms with E-state index in [9.17, 15) is 10.1 Å². The summed E-state index contributed by atoms with van der Waals surface area (Å²) >= 11 is 0. The van der Waals surface area contributed by atoms with E-state index in [4.69, 9.17) is 15.6 Å². The normalized spacial score (nSPS) is 11.3. The third-order valence-electron chi connectivity index (χ3n) is 2.37. The average Bonchev–Trinajstić information content (AvgIpc) is 2.48. The van der Waals surface area contributed by atoms with Gasteiger partial charge in [0.2, 0.25) is 0 Å². The van der Waals surface area contributed by atoms with Crippen molar-refractivity contribution in [2.24, 2.45) is 5.73 Å². The molecular weight excluding hydrogens is 245 g/mol. The van der Waals surface area contributed by atoms with Gasteiger partial charge in [-0.1, -0.05) is 26.0 Å². The number of nitrogens with two attached hydrogens (primary N) is 1. The summed E-state index contributed by atoms with van der Waals surface area (Å²) in [4.78, 5) is 0. The molecule has 0 aromatic heterocycles. The Bertz CT molecular complexity index is 349. The van der Waals surface area contributed by atoms with Crippen molar-refractivity contribution in [2.75, 3.05) is 19.8 Å². The first kappa shape index (κ1) is 17.9. The highest BCUT2D eigenvalue weighted by atomic mass is 16.5. The topological polar surface area (TPSA) is 95.9 Å². The second-order valence-electron chi connectivity index (χ2n) is 3.57. The Morgan fingerprint density at radius 1 is 1.37 bits per heavy atom. The van der Waals surface area contributed by atoms with Gasteiger partial charge in [0.25, 0.3) is 0 Å². The van der Waals surface area contributed by atoms with Gasteiger partial charge in [-0.3, -0.25) is 0 Å². The van der Waals surface area contributed by atoms with E-state index in [0.717, 1.165) is 7.48 Å². The number of aliphatic hydroxyl groups is 2. The van der Waals surface area contributed by atoms with Gasteiger partial charge >= 0.3 is 7.48 Å². The molecule has 0 aliphatic carbocycles. The predicted molar refractivity (Wildman–Crippen MR) is 76.6 cm³/mol. The molecule has 5 N–H and O–H groups in total. The second kappa shape index (κ2) is 10.8. The molecule has 0 aliphatic rings. The standard InChI is InChI=1S/C11H17BNO4.C2H6/c13-7-9(15)8-3-1-4-10(11(8)12-16)17-6-2-5-14;1-2/h1,3-4,9,14-16H,2,5-7,13H2;1-2H3. The van der Waals surface area contributed by atoms with Gasteiger partial charge in [-0.15, -0.1) is 0 Å². The number of aliphatic hydroxyl groups excluding tert-OH is 2. The fourth-order valence-corrected chi connectivity index (χ4v) is 1.49. The zero-order valence-electron chi connectivity index (χ0n) is 11.5.